The van der Waals surface area contributed by atoms with E-state index in [1.807, 2.05) is 13.0 Å². The molecular formula is C16H20N2O2. The lowest BCUT2D eigenvalue weighted by atomic mass is 9.57. The third kappa shape index (κ3) is 1.61. The normalized spacial score (nSPS) is 31.1. The second-order valence-electron chi connectivity index (χ2n) is 6.60. The molecule has 1 aromatic heterocycles. The van der Waals surface area contributed by atoms with E-state index < -0.39 is 0 Å². The summed E-state index contributed by atoms with van der Waals surface area (Å²) >= 11 is 0. The predicted octanol–water partition coefficient (Wildman–Crippen LogP) is 3.36. The van der Waals surface area contributed by atoms with Crippen LogP contribution in [0.25, 0.3) is 11.1 Å². The Labute approximate surface area is 118 Å². The van der Waals surface area contributed by atoms with Crippen LogP contribution in [0, 0.1) is 18.3 Å². The van der Waals surface area contributed by atoms with E-state index in [-0.39, 0.29) is 5.41 Å². The van der Waals surface area contributed by atoms with Gasteiger partial charge in [0.25, 0.3) is 0 Å². The Morgan fingerprint density at radius 3 is 3.05 bits per heavy atom. The molecule has 0 spiro atoms. The number of nitrogens with zero attached hydrogens (tertiary/aromatic N) is 1. The molecule has 2 aromatic rings. The summed E-state index contributed by atoms with van der Waals surface area (Å²) in [6.07, 6.45) is 1.58. The number of nitrogens with one attached hydrogen (secondary N) is 1. The number of benzene rings is 1. The average molecular weight is 272 g/mol. The van der Waals surface area contributed by atoms with Crippen molar-refractivity contribution in [3.8, 4) is 0 Å². The number of aryl methyl sites for hydroxylation is 1. The number of rotatable bonds is 2. The monoisotopic (exact) mass is 272 g/mol. The zero-order valence-corrected chi connectivity index (χ0v) is 12.1. The number of aromatic nitrogens is 1. The Morgan fingerprint density at radius 2 is 2.20 bits per heavy atom. The van der Waals surface area contributed by atoms with Crippen molar-refractivity contribution in [1.29, 1.82) is 0 Å². The molecule has 106 valence electrons. The zero-order chi connectivity index (χ0) is 13.9. The molecule has 1 saturated carbocycles. The highest BCUT2D eigenvalue weighted by atomic mass is 16.5. The van der Waals surface area contributed by atoms with Crippen LogP contribution >= 0.6 is 0 Å². The number of hydrogen-bond acceptors (Lipinski definition) is 4. The molecule has 1 saturated heterocycles. The Kier molecular flexibility index (Phi) is 2.43. The van der Waals surface area contributed by atoms with Gasteiger partial charge < -0.3 is 14.5 Å². The highest BCUT2D eigenvalue weighted by molar-refractivity contribution is 5.77. The molecule has 4 nitrogen and oxygen atoms in total. The van der Waals surface area contributed by atoms with Crippen molar-refractivity contribution < 1.29 is 9.15 Å². The summed E-state index contributed by atoms with van der Waals surface area (Å²) in [5, 5.41) is 3.68. The Balaban J connectivity index is 1.61. The highest BCUT2D eigenvalue weighted by Crippen LogP contribution is 2.53. The maximum absolute atomic E-state index is 5.84. The van der Waals surface area contributed by atoms with Crippen molar-refractivity contribution in [1.82, 2.24) is 4.98 Å². The van der Waals surface area contributed by atoms with Crippen LogP contribution in [-0.4, -0.2) is 23.7 Å². The van der Waals surface area contributed by atoms with E-state index in [2.05, 4.69) is 36.3 Å². The van der Waals surface area contributed by atoms with E-state index in [1.54, 1.807) is 0 Å². The number of hydrogen-bond donors (Lipinski definition) is 1. The first-order chi connectivity index (χ1) is 9.55. The lowest BCUT2D eigenvalue weighted by Crippen LogP contribution is -2.63. The molecular weight excluding hydrogens is 252 g/mol. The fraction of sp³-hybridized carbons (Fsp3) is 0.562. The Morgan fingerprint density at radius 1 is 1.35 bits per heavy atom. The van der Waals surface area contributed by atoms with Crippen molar-refractivity contribution in [2.24, 2.45) is 11.3 Å². The largest absolute Gasteiger partial charge is 0.441 e. The van der Waals surface area contributed by atoms with Gasteiger partial charge in [-0.2, -0.15) is 0 Å². The quantitative estimate of drug-likeness (QED) is 0.910. The molecule has 4 heteroatoms. The summed E-state index contributed by atoms with van der Waals surface area (Å²) in [4.78, 5) is 4.40. The molecule has 1 aliphatic heterocycles. The van der Waals surface area contributed by atoms with Crippen LogP contribution in [0.5, 0.6) is 0 Å². The fourth-order valence-corrected chi connectivity index (χ4v) is 3.93. The van der Waals surface area contributed by atoms with Crippen LogP contribution in [0.3, 0.4) is 0 Å². The van der Waals surface area contributed by atoms with Gasteiger partial charge >= 0.3 is 0 Å². The molecule has 0 radical (unpaired) electrons. The van der Waals surface area contributed by atoms with Gasteiger partial charge in [0, 0.05) is 36.6 Å². The molecule has 2 aliphatic rings. The zero-order valence-electron chi connectivity index (χ0n) is 12.1. The van der Waals surface area contributed by atoms with Crippen LogP contribution in [0.15, 0.2) is 22.6 Å². The second-order valence-corrected chi connectivity index (χ2v) is 6.60. The van der Waals surface area contributed by atoms with E-state index in [0.29, 0.717) is 24.0 Å². The number of ether oxygens (including phenoxy) is 1. The van der Waals surface area contributed by atoms with Crippen LogP contribution < -0.4 is 5.32 Å². The maximum Gasteiger partial charge on any atom is 0.192 e. The predicted molar refractivity (Wildman–Crippen MR) is 77.8 cm³/mol. The molecule has 3 unspecified atom stereocenters. The van der Waals surface area contributed by atoms with Crippen LogP contribution in [-0.2, 0) is 4.74 Å². The lowest BCUT2D eigenvalue weighted by molar-refractivity contribution is -0.0923. The number of anilines is 1. The fourth-order valence-electron chi connectivity index (χ4n) is 3.93. The standard InChI is InChI=1S/C16H20N2O2/c1-9-17-12-8-10(4-5-13(12)20-9)18-14-11-6-7-19-15(11)16(14,2)3/h4-5,8,11,14-15,18H,6-7H2,1-3H3. The van der Waals surface area contributed by atoms with Gasteiger partial charge in [0.1, 0.15) is 5.52 Å². The van der Waals surface area contributed by atoms with Crippen molar-refractivity contribution in [3.63, 3.8) is 0 Å². The van der Waals surface area contributed by atoms with Crippen LogP contribution in [0.1, 0.15) is 26.2 Å². The lowest BCUT2D eigenvalue weighted by Gasteiger charge is -2.55. The summed E-state index contributed by atoms with van der Waals surface area (Å²) in [5.41, 5.74) is 3.08. The maximum atomic E-state index is 5.84. The third-order valence-corrected chi connectivity index (χ3v) is 4.92. The Bertz CT molecular complexity index is 662. The van der Waals surface area contributed by atoms with Gasteiger partial charge in [-0.05, 0) is 24.6 Å². The number of fused-ring (bicyclic) bond motifs is 2. The smallest absolute Gasteiger partial charge is 0.192 e. The van der Waals surface area contributed by atoms with Gasteiger partial charge in [0.2, 0.25) is 0 Å². The number of oxazole rings is 1. The Hall–Kier alpha value is -1.55. The highest BCUT2D eigenvalue weighted by Gasteiger charge is 2.59. The molecule has 0 bridgehead atoms. The average Bonchev–Trinajstić information content (AvgIpc) is 2.99. The van der Waals surface area contributed by atoms with Gasteiger partial charge in [-0.3, -0.25) is 0 Å². The minimum absolute atomic E-state index is 0.190. The third-order valence-electron chi connectivity index (χ3n) is 4.92. The van der Waals surface area contributed by atoms with E-state index in [4.69, 9.17) is 9.15 Å². The minimum atomic E-state index is 0.190. The van der Waals surface area contributed by atoms with Crippen LogP contribution in [0.2, 0.25) is 0 Å². The molecule has 20 heavy (non-hydrogen) atoms. The first kappa shape index (κ1) is 12.2. The summed E-state index contributed by atoms with van der Waals surface area (Å²) in [6.45, 7) is 7.35. The summed E-state index contributed by atoms with van der Waals surface area (Å²) in [5.74, 6) is 1.35. The van der Waals surface area contributed by atoms with Crippen molar-refractivity contribution in [3.05, 3.63) is 24.1 Å². The molecule has 1 aromatic carbocycles. The van der Waals surface area contributed by atoms with Crippen molar-refractivity contribution in [2.45, 2.75) is 39.3 Å². The van der Waals surface area contributed by atoms with E-state index >= 15 is 0 Å². The van der Waals surface area contributed by atoms with Gasteiger partial charge in [0.05, 0.1) is 6.10 Å². The minimum Gasteiger partial charge on any atom is -0.441 e. The van der Waals surface area contributed by atoms with Gasteiger partial charge in [-0.1, -0.05) is 13.8 Å². The summed E-state index contributed by atoms with van der Waals surface area (Å²) in [7, 11) is 0. The van der Waals surface area contributed by atoms with E-state index in [9.17, 15) is 0 Å². The second kappa shape index (κ2) is 3.98. The van der Waals surface area contributed by atoms with E-state index in [0.717, 1.165) is 29.8 Å². The van der Waals surface area contributed by atoms with Crippen molar-refractivity contribution >= 4 is 16.8 Å². The summed E-state index contributed by atoms with van der Waals surface area (Å²) < 4.78 is 11.4. The van der Waals surface area contributed by atoms with Gasteiger partial charge in [-0.15, -0.1) is 0 Å². The molecule has 2 fully saturated rings. The van der Waals surface area contributed by atoms with Crippen LogP contribution in [0.4, 0.5) is 5.69 Å². The van der Waals surface area contributed by atoms with Crippen molar-refractivity contribution in [2.75, 3.05) is 11.9 Å². The first-order valence-corrected chi connectivity index (χ1v) is 7.31. The molecule has 2 heterocycles. The van der Waals surface area contributed by atoms with E-state index in [1.165, 1.54) is 0 Å². The SMILES string of the molecule is Cc1nc2cc(NC3C4CCOC4C3(C)C)ccc2o1. The molecule has 1 N–H and O–H groups in total. The summed E-state index contributed by atoms with van der Waals surface area (Å²) in [6, 6.07) is 6.61. The molecule has 4 rings (SSSR count). The molecule has 1 aliphatic carbocycles. The van der Waals surface area contributed by atoms with Gasteiger partial charge in [0.15, 0.2) is 11.5 Å². The topological polar surface area (TPSA) is 47.3 Å². The molecule has 0 amide bonds. The first-order valence-electron chi connectivity index (χ1n) is 7.31. The molecule has 3 atom stereocenters. The van der Waals surface area contributed by atoms with Gasteiger partial charge in [-0.25, -0.2) is 4.98 Å².